The predicted octanol–water partition coefficient (Wildman–Crippen LogP) is 1.97. The van der Waals surface area contributed by atoms with Crippen molar-refractivity contribution in [2.45, 2.75) is 26.2 Å². The Balaban J connectivity index is 1.66. The molecule has 6 heteroatoms. The monoisotopic (exact) mass is 374 g/mol. The number of para-hydroxylation sites is 1. The van der Waals surface area contributed by atoms with Gasteiger partial charge >= 0.3 is 0 Å². The number of hydrogen-bond donors (Lipinski definition) is 0. The first-order valence-corrected chi connectivity index (χ1v) is 9.63. The molecule has 2 atom stereocenters. The van der Waals surface area contributed by atoms with Crippen LogP contribution in [0.5, 0.6) is 5.75 Å². The summed E-state index contributed by atoms with van der Waals surface area (Å²) in [5.41, 5.74) is 0.915. The summed E-state index contributed by atoms with van der Waals surface area (Å²) in [4.78, 5) is 28.6. The molecule has 0 aromatic heterocycles. The molecule has 0 spiro atoms. The highest BCUT2D eigenvalue weighted by Crippen LogP contribution is 2.42. The zero-order chi connectivity index (χ0) is 19.4. The number of piperidine rings is 1. The fourth-order valence-corrected chi connectivity index (χ4v) is 4.65. The van der Waals surface area contributed by atoms with Crippen LogP contribution in [0.4, 0.5) is 0 Å². The summed E-state index contributed by atoms with van der Waals surface area (Å²) < 4.78 is 10.9. The summed E-state index contributed by atoms with van der Waals surface area (Å²) >= 11 is 0. The predicted molar refractivity (Wildman–Crippen MR) is 103 cm³/mol. The van der Waals surface area contributed by atoms with E-state index in [2.05, 4.69) is 0 Å². The Kier molecular flexibility index (Phi) is 6.05. The Morgan fingerprint density at radius 3 is 2.63 bits per heavy atom. The number of nitrogens with zero attached hydrogens (tertiary/aromatic N) is 2. The van der Waals surface area contributed by atoms with E-state index >= 15 is 0 Å². The first-order chi connectivity index (χ1) is 13.0. The van der Waals surface area contributed by atoms with Gasteiger partial charge in [-0.15, -0.1) is 0 Å². The lowest BCUT2D eigenvalue weighted by atomic mass is 9.74. The summed E-state index contributed by atoms with van der Waals surface area (Å²) in [7, 11) is 3.35. The van der Waals surface area contributed by atoms with Gasteiger partial charge in [0.25, 0.3) is 0 Å². The molecule has 0 N–H and O–H groups in total. The third kappa shape index (κ3) is 4.10. The maximum Gasteiger partial charge on any atom is 0.222 e. The van der Waals surface area contributed by atoms with Gasteiger partial charge < -0.3 is 19.3 Å². The van der Waals surface area contributed by atoms with Crippen molar-refractivity contribution in [3.8, 4) is 5.75 Å². The second-order valence-electron chi connectivity index (χ2n) is 7.81. The molecule has 148 valence electrons. The lowest BCUT2D eigenvalue weighted by Gasteiger charge is -2.43. The van der Waals surface area contributed by atoms with Crippen molar-refractivity contribution in [3.05, 3.63) is 29.8 Å². The minimum absolute atomic E-state index is 0.102. The molecule has 6 nitrogen and oxygen atoms in total. The van der Waals surface area contributed by atoms with E-state index in [-0.39, 0.29) is 17.2 Å². The maximum absolute atomic E-state index is 12.9. The van der Waals surface area contributed by atoms with Crippen molar-refractivity contribution in [2.24, 2.45) is 11.3 Å². The number of carbonyl (C=O) groups is 2. The van der Waals surface area contributed by atoms with Crippen LogP contribution in [0, 0.1) is 11.3 Å². The molecule has 0 saturated carbocycles. The molecule has 0 bridgehead atoms. The lowest BCUT2D eigenvalue weighted by Crippen LogP contribution is -2.52. The van der Waals surface area contributed by atoms with E-state index in [1.165, 1.54) is 0 Å². The van der Waals surface area contributed by atoms with Gasteiger partial charge in [0.2, 0.25) is 11.8 Å². The van der Waals surface area contributed by atoms with Gasteiger partial charge in [-0.2, -0.15) is 0 Å². The second kappa shape index (κ2) is 8.30. The molecule has 27 heavy (non-hydrogen) atoms. The minimum atomic E-state index is -0.140. The van der Waals surface area contributed by atoms with Gasteiger partial charge in [-0.1, -0.05) is 18.2 Å². The quantitative estimate of drug-likeness (QED) is 0.764. The molecular weight excluding hydrogens is 344 g/mol. The highest BCUT2D eigenvalue weighted by molar-refractivity contribution is 5.77. The van der Waals surface area contributed by atoms with Gasteiger partial charge in [0, 0.05) is 52.0 Å². The number of aryl methyl sites for hydroxylation is 1. The highest BCUT2D eigenvalue weighted by Gasteiger charge is 2.51. The first-order valence-electron chi connectivity index (χ1n) is 9.63. The SMILES string of the molecule is COC[C@@]12CN(C(C)=O)CC[C@@H]1CN(C(=O)CCc1ccccc1OC)C2. The smallest absolute Gasteiger partial charge is 0.222 e. The van der Waals surface area contributed by atoms with Crippen molar-refractivity contribution >= 4 is 11.8 Å². The van der Waals surface area contributed by atoms with Crippen LogP contribution in [0.3, 0.4) is 0 Å². The van der Waals surface area contributed by atoms with E-state index < -0.39 is 0 Å². The molecule has 2 amide bonds. The van der Waals surface area contributed by atoms with Gasteiger partial charge in [-0.05, 0) is 30.4 Å². The van der Waals surface area contributed by atoms with Crippen LogP contribution >= 0.6 is 0 Å². The number of rotatable bonds is 6. The second-order valence-corrected chi connectivity index (χ2v) is 7.81. The highest BCUT2D eigenvalue weighted by atomic mass is 16.5. The number of hydrogen-bond acceptors (Lipinski definition) is 4. The van der Waals surface area contributed by atoms with Gasteiger partial charge in [0.05, 0.1) is 13.7 Å². The summed E-state index contributed by atoms with van der Waals surface area (Å²) in [5, 5.41) is 0. The maximum atomic E-state index is 12.9. The summed E-state index contributed by atoms with van der Waals surface area (Å²) in [5.74, 6) is 1.49. The average Bonchev–Trinajstić information content (AvgIpc) is 3.05. The fourth-order valence-electron chi connectivity index (χ4n) is 4.65. The van der Waals surface area contributed by atoms with Crippen LogP contribution < -0.4 is 4.74 Å². The van der Waals surface area contributed by atoms with E-state index in [9.17, 15) is 9.59 Å². The van der Waals surface area contributed by atoms with Crippen molar-refractivity contribution in [2.75, 3.05) is 47.0 Å². The molecule has 2 heterocycles. The van der Waals surface area contributed by atoms with Crippen molar-refractivity contribution in [3.63, 3.8) is 0 Å². The lowest BCUT2D eigenvalue weighted by molar-refractivity contribution is -0.134. The number of carbonyl (C=O) groups excluding carboxylic acids is 2. The van der Waals surface area contributed by atoms with Gasteiger partial charge in [0.15, 0.2) is 0 Å². The standard InChI is InChI=1S/C21H30N2O4/c1-16(24)22-11-10-18-12-23(14-21(18,13-22)15-26-2)20(25)9-8-17-6-4-5-7-19(17)27-3/h4-7,18H,8-15H2,1-3H3/t18-,21+/m1/s1. The number of amides is 2. The minimum Gasteiger partial charge on any atom is -0.496 e. The molecule has 3 rings (SSSR count). The third-order valence-electron chi connectivity index (χ3n) is 6.10. The summed E-state index contributed by atoms with van der Waals surface area (Å²) in [6.45, 7) is 5.08. The topological polar surface area (TPSA) is 59.1 Å². The van der Waals surface area contributed by atoms with E-state index in [1.807, 2.05) is 34.1 Å². The molecule has 1 aromatic rings. The normalized spacial score (nSPS) is 24.6. The van der Waals surface area contributed by atoms with E-state index in [4.69, 9.17) is 9.47 Å². The van der Waals surface area contributed by atoms with E-state index in [1.54, 1.807) is 21.1 Å². The van der Waals surface area contributed by atoms with Crippen LogP contribution in [-0.4, -0.2) is 68.6 Å². The number of fused-ring (bicyclic) bond motifs is 1. The Labute approximate surface area is 161 Å². The van der Waals surface area contributed by atoms with Crippen molar-refractivity contribution in [1.82, 2.24) is 9.80 Å². The molecule has 2 saturated heterocycles. The molecule has 2 aliphatic heterocycles. The van der Waals surface area contributed by atoms with Crippen LogP contribution in [0.1, 0.15) is 25.3 Å². The summed E-state index contributed by atoms with van der Waals surface area (Å²) in [6, 6.07) is 7.84. The fraction of sp³-hybridized carbons (Fsp3) is 0.619. The Hall–Kier alpha value is -2.08. The molecule has 0 aliphatic carbocycles. The van der Waals surface area contributed by atoms with E-state index in [0.717, 1.165) is 30.8 Å². The van der Waals surface area contributed by atoms with Gasteiger partial charge in [-0.3, -0.25) is 9.59 Å². The van der Waals surface area contributed by atoms with Crippen molar-refractivity contribution in [1.29, 1.82) is 0 Å². The van der Waals surface area contributed by atoms with Crippen molar-refractivity contribution < 1.29 is 19.1 Å². The zero-order valence-corrected chi connectivity index (χ0v) is 16.6. The van der Waals surface area contributed by atoms with Crippen LogP contribution in [-0.2, 0) is 20.7 Å². The molecule has 0 radical (unpaired) electrons. The van der Waals surface area contributed by atoms with Crippen LogP contribution in [0.25, 0.3) is 0 Å². The Morgan fingerprint density at radius 1 is 1.19 bits per heavy atom. The zero-order valence-electron chi connectivity index (χ0n) is 16.6. The molecule has 0 unspecified atom stereocenters. The molecule has 2 aliphatic rings. The number of ether oxygens (including phenoxy) is 2. The Morgan fingerprint density at radius 2 is 1.93 bits per heavy atom. The van der Waals surface area contributed by atoms with Crippen LogP contribution in [0.15, 0.2) is 24.3 Å². The summed E-state index contributed by atoms with van der Waals surface area (Å²) in [6.07, 6.45) is 2.06. The van der Waals surface area contributed by atoms with Gasteiger partial charge in [0.1, 0.15) is 5.75 Å². The average molecular weight is 374 g/mol. The third-order valence-corrected chi connectivity index (χ3v) is 6.10. The van der Waals surface area contributed by atoms with Crippen LogP contribution in [0.2, 0.25) is 0 Å². The van der Waals surface area contributed by atoms with E-state index in [0.29, 0.717) is 38.5 Å². The Bertz CT molecular complexity index is 693. The molecule has 2 fully saturated rings. The number of methoxy groups -OCH3 is 2. The number of likely N-dealkylation sites (tertiary alicyclic amines) is 2. The molecular formula is C21H30N2O4. The van der Waals surface area contributed by atoms with Gasteiger partial charge in [-0.25, -0.2) is 0 Å². The largest absolute Gasteiger partial charge is 0.496 e. The first kappa shape index (κ1) is 19.7. The molecule has 1 aromatic carbocycles. The number of benzene rings is 1.